The molecule has 21 heavy (non-hydrogen) atoms. The lowest BCUT2D eigenvalue weighted by Crippen LogP contribution is -2.30. The number of hydrogen-bond acceptors (Lipinski definition) is 4. The monoisotopic (exact) mass is 289 g/mol. The van der Waals surface area contributed by atoms with Crippen LogP contribution in [0, 0.1) is 6.92 Å². The Kier molecular flexibility index (Phi) is 4.12. The fourth-order valence-corrected chi connectivity index (χ4v) is 3.25. The number of aryl methyl sites for hydroxylation is 2. The molecule has 3 rings (SSSR count). The van der Waals surface area contributed by atoms with Crippen LogP contribution in [0.2, 0.25) is 0 Å². The summed E-state index contributed by atoms with van der Waals surface area (Å²) in [5.41, 5.74) is 2.37. The summed E-state index contributed by atoms with van der Waals surface area (Å²) in [6, 6.07) is 4.07. The Morgan fingerprint density at radius 2 is 2.38 bits per heavy atom. The Hall–Kier alpha value is -1.59. The van der Waals surface area contributed by atoms with Crippen LogP contribution in [-0.4, -0.2) is 32.4 Å². The Morgan fingerprint density at radius 1 is 1.52 bits per heavy atom. The van der Waals surface area contributed by atoms with Gasteiger partial charge in [-0.05, 0) is 44.9 Å². The van der Waals surface area contributed by atoms with Crippen molar-refractivity contribution >= 4 is 0 Å². The van der Waals surface area contributed by atoms with E-state index in [4.69, 9.17) is 4.42 Å². The fraction of sp³-hybridized carbons (Fsp3) is 0.562. The van der Waals surface area contributed by atoms with Crippen LogP contribution in [0.3, 0.4) is 0 Å². The van der Waals surface area contributed by atoms with Gasteiger partial charge in [-0.15, -0.1) is 0 Å². The average molecular weight is 289 g/mol. The molecule has 2 atom stereocenters. The standard InChI is InChI=1S/C16H23N3O2/c1-12-13(10-18(2)17-12)11-19-7-3-5-14(19)9-15(20)16-6-4-8-21-16/h4,6,8,10,14-15,20H,3,5,7,9,11H2,1-2H3. The lowest BCUT2D eigenvalue weighted by molar-refractivity contribution is 0.0994. The lowest BCUT2D eigenvalue weighted by Gasteiger charge is -2.25. The SMILES string of the molecule is Cc1nn(C)cc1CN1CCCC1CC(O)c1ccco1. The third-order valence-corrected chi connectivity index (χ3v) is 4.35. The van der Waals surface area contributed by atoms with Gasteiger partial charge in [0, 0.05) is 31.4 Å². The molecule has 5 heteroatoms. The molecule has 1 saturated heterocycles. The zero-order valence-electron chi connectivity index (χ0n) is 12.7. The predicted octanol–water partition coefficient (Wildman–Crippen LogP) is 2.41. The zero-order chi connectivity index (χ0) is 14.8. The second kappa shape index (κ2) is 6.03. The van der Waals surface area contributed by atoms with Gasteiger partial charge < -0.3 is 9.52 Å². The molecule has 3 heterocycles. The van der Waals surface area contributed by atoms with Crippen LogP contribution in [-0.2, 0) is 13.6 Å². The number of rotatable bonds is 5. The topological polar surface area (TPSA) is 54.4 Å². The van der Waals surface area contributed by atoms with Gasteiger partial charge in [-0.2, -0.15) is 5.10 Å². The van der Waals surface area contributed by atoms with Gasteiger partial charge in [0.1, 0.15) is 11.9 Å². The third-order valence-electron chi connectivity index (χ3n) is 4.35. The van der Waals surface area contributed by atoms with Crippen LogP contribution in [0.1, 0.15) is 42.4 Å². The van der Waals surface area contributed by atoms with E-state index in [-0.39, 0.29) is 0 Å². The Balaban J connectivity index is 1.64. The van der Waals surface area contributed by atoms with E-state index in [1.54, 1.807) is 6.26 Å². The van der Waals surface area contributed by atoms with E-state index < -0.39 is 6.10 Å². The van der Waals surface area contributed by atoms with Crippen LogP contribution < -0.4 is 0 Å². The minimum Gasteiger partial charge on any atom is -0.467 e. The molecule has 114 valence electrons. The molecule has 1 fully saturated rings. The van der Waals surface area contributed by atoms with Crippen molar-refractivity contribution in [2.24, 2.45) is 7.05 Å². The van der Waals surface area contributed by atoms with Gasteiger partial charge in [-0.3, -0.25) is 9.58 Å². The first kappa shape index (κ1) is 14.4. The van der Waals surface area contributed by atoms with Crippen LogP contribution in [0.4, 0.5) is 0 Å². The van der Waals surface area contributed by atoms with Gasteiger partial charge in [0.05, 0.1) is 12.0 Å². The third kappa shape index (κ3) is 3.19. The molecule has 2 aromatic rings. The average Bonchev–Trinajstić information content (AvgIpc) is 3.14. The summed E-state index contributed by atoms with van der Waals surface area (Å²) >= 11 is 0. The maximum atomic E-state index is 10.3. The first-order valence-electron chi connectivity index (χ1n) is 7.58. The highest BCUT2D eigenvalue weighted by Crippen LogP contribution is 2.29. The van der Waals surface area contributed by atoms with E-state index in [2.05, 4.69) is 23.1 Å². The molecule has 5 nitrogen and oxygen atoms in total. The summed E-state index contributed by atoms with van der Waals surface area (Å²) in [6.07, 6.45) is 6.25. The normalized spacial score (nSPS) is 21.0. The van der Waals surface area contributed by atoms with Crippen LogP contribution in [0.5, 0.6) is 0 Å². The highest BCUT2D eigenvalue weighted by atomic mass is 16.4. The number of likely N-dealkylation sites (tertiary alicyclic amines) is 1. The second-order valence-corrected chi connectivity index (χ2v) is 5.95. The Bertz CT molecular complexity index is 576. The molecule has 0 radical (unpaired) electrons. The maximum Gasteiger partial charge on any atom is 0.132 e. The molecule has 0 aromatic carbocycles. The number of aliphatic hydroxyl groups excluding tert-OH is 1. The molecule has 0 amide bonds. The van der Waals surface area contributed by atoms with Crippen LogP contribution in [0.25, 0.3) is 0 Å². The Labute approximate surface area is 125 Å². The first-order chi connectivity index (χ1) is 10.1. The van der Waals surface area contributed by atoms with Gasteiger partial charge in [0.15, 0.2) is 0 Å². The van der Waals surface area contributed by atoms with Crippen molar-refractivity contribution in [2.45, 2.75) is 44.9 Å². The van der Waals surface area contributed by atoms with E-state index in [1.165, 1.54) is 12.0 Å². The first-order valence-corrected chi connectivity index (χ1v) is 7.58. The quantitative estimate of drug-likeness (QED) is 0.918. The molecule has 0 spiro atoms. The summed E-state index contributed by atoms with van der Waals surface area (Å²) in [5.74, 6) is 0.666. The van der Waals surface area contributed by atoms with Crippen molar-refractivity contribution in [1.29, 1.82) is 0 Å². The maximum absolute atomic E-state index is 10.3. The van der Waals surface area contributed by atoms with Gasteiger partial charge >= 0.3 is 0 Å². The smallest absolute Gasteiger partial charge is 0.132 e. The van der Waals surface area contributed by atoms with E-state index in [0.29, 0.717) is 11.8 Å². The summed E-state index contributed by atoms with van der Waals surface area (Å²) in [4.78, 5) is 2.45. The molecule has 1 N–H and O–H groups in total. The summed E-state index contributed by atoms with van der Waals surface area (Å²) in [6.45, 7) is 4.05. The summed E-state index contributed by atoms with van der Waals surface area (Å²) < 4.78 is 7.17. The number of aliphatic hydroxyl groups is 1. The van der Waals surface area contributed by atoms with E-state index in [1.807, 2.05) is 23.9 Å². The lowest BCUT2D eigenvalue weighted by atomic mass is 10.0. The largest absolute Gasteiger partial charge is 0.467 e. The molecule has 0 saturated carbocycles. The van der Waals surface area contributed by atoms with Crippen molar-refractivity contribution in [3.8, 4) is 0 Å². The number of nitrogens with zero attached hydrogens (tertiary/aromatic N) is 3. The summed E-state index contributed by atoms with van der Waals surface area (Å²) in [5, 5.41) is 14.7. The molecule has 2 unspecified atom stereocenters. The van der Waals surface area contributed by atoms with Gasteiger partial charge in [-0.1, -0.05) is 0 Å². The molecule has 2 aromatic heterocycles. The molecule has 0 bridgehead atoms. The van der Waals surface area contributed by atoms with E-state index in [0.717, 1.165) is 31.6 Å². The van der Waals surface area contributed by atoms with Crippen molar-refractivity contribution in [3.05, 3.63) is 41.6 Å². The highest BCUT2D eigenvalue weighted by molar-refractivity contribution is 5.15. The van der Waals surface area contributed by atoms with Crippen LogP contribution >= 0.6 is 0 Å². The van der Waals surface area contributed by atoms with Crippen molar-refractivity contribution < 1.29 is 9.52 Å². The fourth-order valence-electron chi connectivity index (χ4n) is 3.25. The molecule has 0 aliphatic carbocycles. The molecular weight excluding hydrogens is 266 g/mol. The van der Waals surface area contributed by atoms with E-state index >= 15 is 0 Å². The van der Waals surface area contributed by atoms with E-state index in [9.17, 15) is 5.11 Å². The predicted molar refractivity (Wildman–Crippen MR) is 79.7 cm³/mol. The molecule has 1 aliphatic heterocycles. The molecular formula is C16H23N3O2. The van der Waals surface area contributed by atoms with Crippen molar-refractivity contribution in [1.82, 2.24) is 14.7 Å². The van der Waals surface area contributed by atoms with Crippen LogP contribution in [0.15, 0.2) is 29.0 Å². The number of furan rings is 1. The molecule has 1 aliphatic rings. The number of hydrogen-bond donors (Lipinski definition) is 1. The van der Waals surface area contributed by atoms with Gasteiger partial charge in [0.25, 0.3) is 0 Å². The van der Waals surface area contributed by atoms with Crippen molar-refractivity contribution in [3.63, 3.8) is 0 Å². The minimum atomic E-state index is -0.513. The van der Waals surface area contributed by atoms with Gasteiger partial charge in [-0.25, -0.2) is 0 Å². The highest BCUT2D eigenvalue weighted by Gasteiger charge is 2.28. The Morgan fingerprint density at radius 3 is 3.05 bits per heavy atom. The van der Waals surface area contributed by atoms with Gasteiger partial charge in [0.2, 0.25) is 0 Å². The van der Waals surface area contributed by atoms with Crippen molar-refractivity contribution in [2.75, 3.05) is 6.54 Å². The minimum absolute atomic E-state index is 0.407. The zero-order valence-corrected chi connectivity index (χ0v) is 12.7. The number of aromatic nitrogens is 2. The summed E-state index contributed by atoms with van der Waals surface area (Å²) in [7, 11) is 1.96. The second-order valence-electron chi connectivity index (χ2n) is 5.95.